The van der Waals surface area contributed by atoms with Gasteiger partial charge in [-0.05, 0) is 48.4 Å². The zero-order valence-corrected chi connectivity index (χ0v) is 20.1. The highest BCUT2D eigenvalue weighted by molar-refractivity contribution is 6.35. The normalized spacial score (nSPS) is 11.6. The molecule has 0 aliphatic heterocycles. The van der Waals surface area contributed by atoms with Crippen molar-refractivity contribution in [3.63, 3.8) is 0 Å². The first kappa shape index (κ1) is 25.1. The summed E-state index contributed by atoms with van der Waals surface area (Å²) in [5.41, 5.74) is 4.52. The summed E-state index contributed by atoms with van der Waals surface area (Å²) in [5.74, 6) is -0.680. The second-order valence-corrected chi connectivity index (χ2v) is 8.08. The molecule has 0 aliphatic carbocycles. The molecule has 0 heterocycles. The van der Waals surface area contributed by atoms with Crippen molar-refractivity contribution in [2.24, 2.45) is 5.10 Å². The molecule has 2 N–H and O–H groups in total. The molecule has 3 aromatic carbocycles. The van der Waals surface area contributed by atoms with Gasteiger partial charge in [0.05, 0.1) is 19.4 Å². The highest BCUT2D eigenvalue weighted by atomic mass is 35.5. The monoisotopic (exact) mass is 499 g/mol. The molecule has 0 aliphatic rings. The van der Waals surface area contributed by atoms with Gasteiger partial charge in [0.2, 0.25) is 0 Å². The lowest BCUT2D eigenvalue weighted by Crippen LogP contribution is -2.39. The van der Waals surface area contributed by atoms with Crippen molar-refractivity contribution < 1.29 is 19.1 Å². The fourth-order valence-electron chi connectivity index (χ4n) is 2.98. The van der Waals surface area contributed by atoms with Crippen molar-refractivity contribution in [3.8, 4) is 11.5 Å². The molecular formula is C25H23Cl2N3O4. The molecule has 0 spiro atoms. The summed E-state index contributed by atoms with van der Waals surface area (Å²) >= 11 is 12.1. The first-order valence-corrected chi connectivity index (χ1v) is 11.1. The fraction of sp³-hybridized carbons (Fsp3) is 0.160. The van der Waals surface area contributed by atoms with E-state index in [1.54, 1.807) is 43.3 Å². The number of nitrogens with zero attached hydrogens (tertiary/aromatic N) is 1. The lowest BCUT2D eigenvalue weighted by Gasteiger charge is -2.13. The molecule has 1 atom stereocenters. The van der Waals surface area contributed by atoms with Gasteiger partial charge in [0.25, 0.3) is 0 Å². The van der Waals surface area contributed by atoms with Crippen LogP contribution < -0.4 is 20.2 Å². The van der Waals surface area contributed by atoms with Crippen LogP contribution in [-0.4, -0.2) is 25.1 Å². The molecular weight excluding hydrogens is 477 g/mol. The Labute approximate surface area is 207 Å². The third-order valence-corrected chi connectivity index (χ3v) is 5.41. The van der Waals surface area contributed by atoms with Crippen molar-refractivity contribution in [2.45, 2.75) is 19.6 Å². The van der Waals surface area contributed by atoms with Gasteiger partial charge < -0.3 is 14.8 Å². The molecule has 0 bridgehead atoms. The van der Waals surface area contributed by atoms with Gasteiger partial charge in [-0.2, -0.15) is 5.10 Å². The highest BCUT2D eigenvalue weighted by Gasteiger charge is 2.16. The molecule has 2 amide bonds. The largest absolute Gasteiger partial charge is 0.493 e. The summed E-state index contributed by atoms with van der Waals surface area (Å²) in [4.78, 5) is 24.1. The highest BCUT2D eigenvalue weighted by Crippen LogP contribution is 2.29. The van der Waals surface area contributed by atoms with Crippen molar-refractivity contribution >= 4 is 41.2 Å². The van der Waals surface area contributed by atoms with E-state index >= 15 is 0 Å². The second-order valence-electron chi connectivity index (χ2n) is 7.24. The molecule has 0 saturated heterocycles. The predicted molar refractivity (Wildman–Crippen MR) is 133 cm³/mol. The quantitative estimate of drug-likeness (QED) is 0.261. The number of hydrogen-bond acceptors (Lipinski definition) is 5. The molecule has 7 nitrogen and oxygen atoms in total. The zero-order valence-electron chi connectivity index (χ0n) is 18.5. The molecule has 0 fully saturated rings. The smallest absolute Gasteiger partial charge is 0.329 e. The molecule has 0 unspecified atom stereocenters. The van der Waals surface area contributed by atoms with Crippen LogP contribution in [0.25, 0.3) is 0 Å². The molecule has 176 valence electrons. The zero-order chi connectivity index (χ0) is 24.5. The maximum Gasteiger partial charge on any atom is 0.329 e. The van der Waals surface area contributed by atoms with Crippen molar-refractivity contribution in [2.75, 3.05) is 7.11 Å². The minimum atomic E-state index is -0.870. The number of methoxy groups -OCH3 is 1. The van der Waals surface area contributed by atoms with E-state index in [4.69, 9.17) is 32.7 Å². The number of hydrogen-bond donors (Lipinski definition) is 2. The number of amides is 2. The Kier molecular flexibility index (Phi) is 8.90. The van der Waals surface area contributed by atoms with Crippen LogP contribution in [0.2, 0.25) is 10.0 Å². The van der Waals surface area contributed by atoms with Crippen LogP contribution in [0, 0.1) is 0 Å². The summed E-state index contributed by atoms with van der Waals surface area (Å²) in [5, 5.41) is 7.53. The molecule has 0 aromatic heterocycles. The Morgan fingerprint density at radius 3 is 2.47 bits per heavy atom. The van der Waals surface area contributed by atoms with E-state index in [0.29, 0.717) is 27.1 Å². The van der Waals surface area contributed by atoms with Gasteiger partial charge in [0.1, 0.15) is 6.61 Å². The summed E-state index contributed by atoms with van der Waals surface area (Å²) < 4.78 is 11.2. The van der Waals surface area contributed by atoms with E-state index in [-0.39, 0.29) is 12.6 Å². The van der Waals surface area contributed by atoms with E-state index < -0.39 is 11.8 Å². The Hall–Kier alpha value is -3.55. The van der Waals surface area contributed by atoms with Crippen molar-refractivity contribution in [1.29, 1.82) is 0 Å². The van der Waals surface area contributed by atoms with Crippen LogP contribution in [0.1, 0.15) is 29.7 Å². The Bertz CT molecular complexity index is 1190. The van der Waals surface area contributed by atoms with E-state index in [1.807, 2.05) is 30.3 Å². The lowest BCUT2D eigenvalue weighted by atomic mass is 10.1. The molecule has 9 heteroatoms. The summed E-state index contributed by atoms with van der Waals surface area (Å²) in [6, 6.07) is 19.3. The Morgan fingerprint density at radius 2 is 1.76 bits per heavy atom. The van der Waals surface area contributed by atoms with Gasteiger partial charge in [-0.15, -0.1) is 0 Å². The number of hydrazone groups is 1. The van der Waals surface area contributed by atoms with Crippen LogP contribution in [-0.2, 0) is 16.2 Å². The van der Waals surface area contributed by atoms with Crippen LogP contribution in [0.15, 0.2) is 71.8 Å². The van der Waals surface area contributed by atoms with E-state index in [2.05, 4.69) is 15.8 Å². The van der Waals surface area contributed by atoms with E-state index in [9.17, 15) is 9.59 Å². The number of carbonyl (C=O) groups is 2. The summed E-state index contributed by atoms with van der Waals surface area (Å²) in [6.45, 7) is 2.02. The van der Waals surface area contributed by atoms with E-state index in [1.165, 1.54) is 13.3 Å². The number of benzene rings is 3. The maximum atomic E-state index is 12.1. The lowest BCUT2D eigenvalue weighted by molar-refractivity contribution is -0.139. The predicted octanol–water partition coefficient (Wildman–Crippen LogP) is 4.91. The number of carbonyl (C=O) groups excluding carboxylic acids is 2. The Balaban J connectivity index is 1.56. The summed E-state index contributed by atoms with van der Waals surface area (Å²) in [6.07, 6.45) is 1.40. The van der Waals surface area contributed by atoms with Gasteiger partial charge in [-0.3, -0.25) is 9.59 Å². The minimum absolute atomic E-state index is 0.229. The van der Waals surface area contributed by atoms with Gasteiger partial charge >= 0.3 is 11.8 Å². The van der Waals surface area contributed by atoms with E-state index in [0.717, 1.165) is 11.1 Å². The van der Waals surface area contributed by atoms with Crippen LogP contribution in [0.4, 0.5) is 0 Å². The third kappa shape index (κ3) is 6.97. The molecule has 3 rings (SSSR count). The molecule has 34 heavy (non-hydrogen) atoms. The van der Waals surface area contributed by atoms with Crippen LogP contribution in [0.3, 0.4) is 0 Å². The third-order valence-electron chi connectivity index (χ3n) is 4.82. The van der Waals surface area contributed by atoms with Crippen LogP contribution >= 0.6 is 23.2 Å². The summed E-state index contributed by atoms with van der Waals surface area (Å²) in [7, 11) is 1.51. The van der Waals surface area contributed by atoms with Gasteiger partial charge in [0.15, 0.2) is 11.5 Å². The number of rotatable bonds is 8. The number of ether oxygens (including phenoxy) is 2. The SMILES string of the molecule is COc1cc(/C=N\NC(=O)C(=O)N[C@@H](C)c2ccccc2)ccc1OCc1ccc(Cl)cc1Cl. The standard InChI is InChI=1S/C25H23Cl2N3O4/c1-16(18-6-4-3-5-7-18)29-24(31)25(32)30-28-14-17-8-11-22(23(12-17)33-2)34-15-19-9-10-20(26)13-21(19)27/h3-14,16H,15H2,1-2H3,(H,29,31)(H,30,32)/b28-14-/t16-/m0/s1. The number of nitrogens with one attached hydrogen (secondary N) is 2. The molecule has 0 radical (unpaired) electrons. The first-order valence-electron chi connectivity index (χ1n) is 10.3. The molecule has 0 saturated carbocycles. The van der Waals surface area contributed by atoms with Crippen molar-refractivity contribution in [3.05, 3.63) is 93.5 Å². The average Bonchev–Trinajstić information content (AvgIpc) is 2.84. The average molecular weight is 500 g/mol. The topological polar surface area (TPSA) is 89.0 Å². The number of halogens is 2. The minimum Gasteiger partial charge on any atom is -0.493 e. The van der Waals surface area contributed by atoms with Gasteiger partial charge in [-0.1, -0.05) is 59.6 Å². The second kappa shape index (κ2) is 12.1. The Morgan fingerprint density at radius 1 is 1.00 bits per heavy atom. The van der Waals surface area contributed by atoms with Crippen LogP contribution in [0.5, 0.6) is 11.5 Å². The first-order chi connectivity index (χ1) is 16.4. The molecule has 3 aromatic rings. The maximum absolute atomic E-state index is 12.1. The fourth-order valence-corrected chi connectivity index (χ4v) is 3.44. The van der Waals surface area contributed by atoms with Gasteiger partial charge in [0, 0.05) is 15.6 Å². The van der Waals surface area contributed by atoms with Gasteiger partial charge in [-0.25, -0.2) is 5.43 Å². The van der Waals surface area contributed by atoms with Crippen molar-refractivity contribution in [1.82, 2.24) is 10.7 Å².